The van der Waals surface area contributed by atoms with Crippen LogP contribution in [-0.4, -0.2) is 36.0 Å². The van der Waals surface area contributed by atoms with Gasteiger partial charge in [0.2, 0.25) is 0 Å². The van der Waals surface area contributed by atoms with Gasteiger partial charge in [-0.1, -0.05) is 0 Å². The molecule has 6 heavy (non-hydrogen) atoms. The molecule has 22 valence electrons. The zero-order chi connectivity index (χ0) is 4.99. The van der Waals surface area contributed by atoms with Crippen molar-refractivity contribution in [3.05, 3.63) is 0 Å². The van der Waals surface area contributed by atoms with Crippen LogP contribution in [0.3, 0.4) is 0 Å². The molecule has 0 aromatic rings. The van der Waals surface area contributed by atoms with E-state index in [0.29, 0.717) is 7.04 Å². The summed E-state index contributed by atoms with van der Waals surface area (Å²) in [4.78, 5) is 0. The summed E-state index contributed by atoms with van der Waals surface area (Å²) in [5.41, 5.74) is 0. The molecule has 0 atom stereocenters. The monoisotopic (exact) mass is 71.0 g/mol. The Morgan fingerprint density at radius 3 is 2.33 bits per heavy atom. The Morgan fingerprint density at radius 2 is 2.33 bits per heavy atom. The second-order valence-electron chi connectivity index (χ2n) is 0.906. The van der Waals surface area contributed by atoms with E-state index in [1.54, 1.807) is 0 Å². The second kappa shape index (κ2) is 3.32. The number of rotatable bonds is 2. The van der Waals surface area contributed by atoms with Crippen molar-refractivity contribution < 1.29 is 4.70 Å². The van der Waals surface area contributed by atoms with Gasteiger partial charge in [0.15, 0.2) is 0 Å². The molecule has 0 N–H and O–H groups in total. The molecule has 0 heterocycles. The summed E-state index contributed by atoms with van der Waals surface area (Å²) in [7, 11) is 11.4. The summed E-state index contributed by atoms with van der Waals surface area (Å²) >= 11 is 0. The van der Waals surface area contributed by atoms with Crippen molar-refractivity contribution in [2.75, 3.05) is 0 Å². The Balaban J connectivity index is 2.96. The van der Waals surface area contributed by atoms with Crippen LogP contribution in [0.25, 0.3) is 0 Å². The summed E-state index contributed by atoms with van der Waals surface area (Å²) < 4.78 is 9.50. The van der Waals surface area contributed by atoms with E-state index in [4.69, 9.17) is 15.5 Å². The van der Waals surface area contributed by atoms with Crippen molar-refractivity contribution in [1.82, 2.24) is 0 Å². The van der Waals surface area contributed by atoms with Gasteiger partial charge >= 0.3 is 40.7 Å². The summed E-state index contributed by atoms with van der Waals surface area (Å²) in [6.07, 6.45) is -0.593. The molecule has 0 fully saturated rings. The Morgan fingerprint density at radius 1 is 1.83 bits per heavy atom. The van der Waals surface area contributed by atoms with Gasteiger partial charge in [-0.25, -0.2) is 0 Å². The third kappa shape index (κ3) is 2.37. The third-order valence-corrected chi connectivity index (χ3v) is 0.379. The Kier molecular flexibility index (Phi) is 3.39. The predicted octanol–water partition coefficient (Wildman–Crippen LogP) is -2.02. The molecule has 0 saturated heterocycles. The minimum absolute atomic E-state index is 0.569. The van der Waals surface area contributed by atoms with Crippen molar-refractivity contribution >= 4 is 36.0 Å². The van der Waals surface area contributed by atoms with Crippen molar-refractivity contribution in [3.8, 4) is 0 Å². The van der Waals surface area contributed by atoms with Crippen LogP contribution in [0.2, 0.25) is 0 Å². The molecule has 0 aliphatic heterocycles. The fraction of sp³-hybridized carbons (Fsp3) is 0. The van der Waals surface area contributed by atoms with Crippen LogP contribution in [0.15, 0.2) is 0 Å². The van der Waals surface area contributed by atoms with Crippen LogP contribution >= 0.6 is 0 Å². The quantitative estimate of drug-likeness (QED) is 0.343. The number of hydrogen-bond acceptors (Lipinski definition) is 1. The van der Waals surface area contributed by atoms with E-state index >= 15 is 0 Å². The van der Waals surface area contributed by atoms with E-state index in [1.807, 2.05) is 0 Å². The van der Waals surface area contributed by atoms with Crippen molar-refractivity contribution in [2.45, 2.75) is 0 Å². The first-order valence-corrected chi connectivity index (χ1v) is 1.57. The normalized spacial score (nSPS) is 6.67. The average Bonchev–Trinajstić information content (AvgIpc) is 1.65. The van der Waals surface area contributed by atoms with E-state index in [0.717, 1.165) is 7.06 Å². The fourth-order valence-electron chi connectivity index (χ4n) is 0.0454. The molecule has 0 spiro atoms. The van der Waals surface area contributed by atoms with E-state index < -0.39 is 6.39 Å². The Labute approximate surface area is 41.6 Å². The average molecular weight is 70.1 g/mol. The first-order chi connectivity index (χ1) is 2.81. The van der Waals surface area contributed by atoms with Gasteiger partial charge in [-0.3, -0.25) is 0 Å². The molecule has 6 heteroatoms. The van der Waals surface area contributed by atoms with Crippen LogP contribution in [0.1, 0.15) is 0 Å². The van der Waals surface area contributed by atoms with Crippen molar-refractivity contribution in [2.24, 2.45) is 0 Å². The van der Waals surface area contributed by atoms with Crippen LogP contribution < -0.4 is 0 Å². The van der Waals surface area contributed by atoms with E-state index in [-0.39, 0.29) is 0 Å². The van der Waals surface area contributed by atoms with E-state index in [1.165, 1.54) is 0 Å². The van der Waals surface area contributed by atoms with E-state index in [9.17, 15) is 4.70 Å². The third-order valence-electron chi connectivity index (χ3n) is 0.379. The molecule has 1 nitrogen and oxygen atoms in total. The summed E-state index contributed by atoms with van der Waals surface area (Å²) in [6, 6.07) is 0. The molecular formula is B5O-. The van der Waals surface area contributed by atoms with Gasteiger partial charge in [0.25, 0.3) is 0 Å². The molecule has 0 saturated carbocycles. The SMILES string of the molecule is [B][B-]B([B])B=O. The Bertz CT molecular complexity index is 41.2. The predicted molar refractivity (Wildman–Crippen MR) is 29.5 cm³/mol. The molecule has 0 unspecified atom stereocenters. The molecule has 0 aliphatic rings. The maximum absolute atomic E-state index is 9.50. The standard InChI is InChI=1S/B5O/c1-3-5(2)4-6/q-1. The summed E-state index contributed by atoms with van der Waals surface area (Å²) in [5, 5.41) is 0. The molecule has 6 radical (unpaired) electrons. The topological polar surface area (TPSA) is 17.1 Å². The van der Waals surface area contributed by atoms with Gasteiger partial charge in [0.05, 0.1) is 0 Å². The molecule has 0 rings (SSSR count). The summed E-state index contributed by atoms with van der Waals surface area (Å²) in [5.74, 6) is 0. The van der Waals surface area contributed by atoms with Gasteiger partial charge in [-0.15, -0.1) is 0 Å². The zero-order valence-electron chi connectivity index (χ0n) is 3.29. The fourth-order valence-corrected chi connectivity index (χ4v) is 0.0454. The van der Waals surface area contributed by atoms with Gasteiger partial charge in [0, 0.05) is 0 Å². The van der Waals surface area contributed by atoms with Gasteiger partial charge in [-0.2, -0.15) is 0 Å². The van der Waals surface area contributed by atoms with Gasteiger partial charge < -0.3 is 0 Å². The summed E-state index contributed by atoms with van der Waals surface area (Å²) in [6.45, 7) is 0. The molecule has 0 aromatic heterocycles. The van der Waals surface area contributed by atoms with Crippen LogP contribution in [0, 0.1) is 0 Å². The van der Waals surface area contributed by atoms with Gasteiger partial charge in [-0.05, 0) is 0 Å². The maximum atomic E-state index is 9.50. The first-order valence-electron chi connectivity index (χ1n) is 1.57. The molecule has 0 aromatic carbocycles. The zero-order valence-corrected chi connectivity index (χ0v) is 3.29. The molecule has 0 amide bonds. The van der Waals surface area contributed by atoms with E-state index in [2.05, 4.69) is 0 Å². The van der Waals surface area contributed by atoms with Gasteiger partial charge in [0.1, 0.15) is 0 Å². The molecule has 0 bridgehead atoms. The van der Waals surface area contributed by atoms with Crippen molar-refractivity contribution in [3.63, 3.8) is 0 Å². The second-order valence-corrected chi connectivity index (χ2v) is 0.906. The first kappa shape index (κ1) is 6.12. The Hall–Kier alpha value is 0.125. The minimum atomic E-state index is -0.593. The van der Waals surface area contributed by atoms with Crippen LogP contribution in [-0.2, 0) is 4.70 Å². The number of hydrogen-bond donors (Lipinski definition) is 0. The van der Waals surface area contributed by atoms with Crippen LogP contribution in [0.5, 0.6) is 0 Å². The molecule has 0 aliphatic carbocycles. The molecular weight excluding hydrogens is 70.1 g/mol. The van der Waals surface area contributed by atoms with Crippen molar-refractivity contribution in [1.29, 1.82) is 0 Å². The van der Waals surface area contributed by atoms with Crippen LogP contribution in [0.4, 0.5) is 0 Å².